The van der Waals surface area contributed by atoms with Crippen molar-refractivity contribution in [2.24, 2.45) is 5.92 Å². The van der Waals surface area contributed by atoms with Crippen molar-refractivity contribution >= 4 is 15.7 Å². The van der Waals surface area contributed by atoms with E-state index in [0.717, 1.165) is 25.8 Å². The van der Waals surface area contributed by atoms with Crippen molar-refractivity contribution < 1.29 is 13.2 Å². The van der Waals surface area contributed by atoms with Gasteiger partial charge in [-0.25, -0.2) is 8.42 Å². The molecule has 2 fully saturated rings. The topological polar surface area (TPSA) is 66.5 Å². The Morgan fingerprint density at radius 1 is 1.21 bits per heavy atom. The molecule has 0 aromatic heterocycles. The van der Waals surface area contributed by atoms with Gasteiger partial charge in [-0.1, -0.05) is 6.42 Å². The fraction of sp³-hybridized carbons (Fsp3) is 0.923. The highest BCUT2D eigenvalue weighted by Crippen LogP contribution is 2.24. The third kappa shape index (κ3) is 3.48. The maximum Gasteiger partial charge on any atom is 0.240 e. The van der Waals surface area contributed by atoms with Gasteiger partial charge in [0.25, 0.3) is 0 Å². The van der Waals surface area contributed by atoms with Crippen LogP contribution in [0.15, 0.2) is 0 Å². The van der Waals surface area contributed by atoms with Crippen LogP contribution < -0.4 is 5.32 Å². The lowest BCUT2D eigenvalue weighted by atomic mass is 9.96. The highest BCUT2D eigenvalue weighted by Gasteiger charge is 2.38. The number of nitrogens with one attached hydrogen (secondary N) is 1. The van der Waals surface area contributed by atoms with Crippen molar-refractivity contribution in [1.29, 1.82) is 0 Å². The van der Waals surface area contributed by atoms with E-state index in [1.165, 1.54) is 0 Å². The van der Waals surface area contributed by atoms with Crippen LogP contribution >= 0.6 is 0 Å². The van der Waals surface area contributed by atoms with E-state index in [4.69, 9.17) is 0 Å². The molecule has 2 aliphatic rings. The lowest BCUT2D eigenvalue weighted by Gasteiger charge is -2.34. The first-order chi connectivity index (χ1) is 9.04. The summed E-state index contributed by atoms with van der Waals surface area (Å²) in [5.74, 6) is 0.638. The van der Waals surface area contributed by atoms with E-state index >= 15 is 0 Å². The minimum Gasteiger partial charge on any atom is -0.342 e. The van der Waals surface area contributed by atoms with Gasteiger partial charge >= 0.3 is 0 Å². The molecule has 19 heavy (non-hydrogen) atoms. The molecule has 1 unspecified atom stereocenters. The molecular formula is C13H24N2O3S. The molecule has 0 saturated carbocycles. The van der Waals surface area contributed by atoms with Crippen LogP contribution in [0.5, 0.6) is 0 Å². The number of nitrogens with zero attached hydrogens (tertiary/aromatic N) is 1. The normalized spacial score (nSPS) is 28.3. The summed E-state index contributed by atoms with van der Waals surface area (Å²) in [6.45, 7) is 2.39. The highest BCUT2D eigenvalue weighted by atomic mass is 32.2. The lowest BCUT2D eigenvalue weighted by molar-refractivity contribution is -0.132. The fourth-order valence-corrected chi connectivity index (χ4v) is 4.95. The summed E-state index contributed by atoms with van der Waals surface area (Å²) in [7, 11) is -1.26. The van der Waals surface area contributed by atoms with Crippen LogP contribution in [-0.2, 0) is 14.6 Å². The largest absolute Gasteiger partial charge is 0.342 e. The van der Waals surface area contributed by atoms with Crippen molar-refractivity contribution in [3.8, 4) is 0 Å². The third-order valence-electron chi connectivity index (χ3n) is 4.27. The molecule has 2 aliphatic heterocycles. The maximum atomic E-state index is 12.4. The zero-order chi connectivity index (χ0) is 13.9. The van der Waals surface area contributed by atoms with E-state index in [9.17, 15) is 13.2 Å². The molecule has 6 heteroatoms. The van der Waals surface area contributed by atoms with Gasteiger partial charge in [-0.15, -0.1) is 0 Å². The molecule has 0 spiro atoms. The van der Waals surface area contributed by atoms with E-state index in [-0.39, 0.29) is 11.7 Å². The Balaban J connectivity index is 1.94. The summed E-state index contributed by atoms with van der Waals surface area (Å²) in [6.07, 6.45) is 4.01. The molecule has 2 heterocycles. The monoisotopic (exact) mass is 288 g/mol. The molecule has 0 radical (unpaired) electrons. The minimum atomic E-state index is -3.20. The van der Waals surface area contributed by atoms with E-state index in [1.807, 2.05) is 7.05 Å². The minimum absolute atomic E-state index is 0.150. The first kappa shape index (κ1) is 14.8. The van der Waals surface area contributed by atoms with E-state index in [0.29, 0.717) is 31.8 Å². The molecule has 1 amide bonds. The average molecular weight is 288 g/mol. The summed E-state index contributed by atoms with van der Waals surface area (Å²) in [6, 6.07) is 0. The van der Waals surface area contributed by atoms with Crippen LogP contribution in [0.1, 0.15) is 32.1 Å². The average Bonchev–Trinajstić information content (AvgIpc) is 2.39. The third-order valence-corrected chi connectivity index (χ3v) is 6.44. The molecule has 0 bridgehead atoms. The van der Waals surface area contributed by atoms with Crippen molar-refractivity contribution in [3.05, 3.63) is 0 Å². The van der Waals surface area contributed by atoms with Crippen molar-refractivity contribution in [2.75, 3.05) is 32.4 Å². The first-order valence-corrected chi connectivity index (χ1v) is 8.91. The van der Waals surface area contributed by atoms with Crippen LogP contribution in [0.4, 0.5) is 0 Å². The quantitative estimate of drug-likeness (QED) is 0.817. The van der Waals surface area contributed by atoms with Gasteiger partial charge in [-0.3, -0.25) is 4.79 Å². The summed E-state index contributed by atoms with van der Waals surface area (Å²) in [4.78, 5) is 14.1. The fourth-order valence-electron chi connectivity index (χ4n) is 3.08. The summed E-state index contributed by atoms with van der Waals surface area (Å²) < 4.78 is 24.0. The highest BCUT2D eigenvalue weighted by molar-refractivity contribution is 7.92. The zero-order valence-electron chi connectivity index (χ0n) is 11.6. The number of hydrogen-bond acceptors (Lipinski definition) is 4. The number of likely N-dealkylation sites (tertiary alicyclic amines) is 1. The number of hydrogen-bond donors (Lipinski definition) is 1. The summed E-state index contributed by atoms with van der Waals surface area (Å²) >= 11 is 0. The Labute approximate surface area is 115 Å². The van der Waals surface area contributed by atoms with Crippen molar-refractivity contribution in [1.82, 2.24) is 10.2 Å². The maximum absolute atomic E-state index is 12.4. The summed E-state index contributed by atoms with van der Waals surface area (Å²) in [5, 5.41) is 2.40. The lowest BCUT2D eigenvalue weighted by Crippen LogP contribution is -2.48. The number of carbonyl (C=O) groups is 1. The van der Waals surface area contributed by atoms with E-state index in [2.05, 4.69) is 5.32 Å². The standard InChI is InChI=1S/C13H24N2O3S/c1-14-10-11-5-7-15(8-6-11)13(16)12-4-2-3-9-19(12,17)18/h11-12,14H,2-10H2,1H3. The molecule has 2 rings (SSSR count). The van der Waals surface area contributed by atoms with Crippen LogP contribution in [0.2, 0.25) is 0 Å². The number of rotatable bonds is 3. The van der Waals surface area contributed by atoms with Gasteiger partial charge in [0.15, 0.2) is 9.84 Å². The molecule has 110 valence electrons. The van der Waals surface area contributed by atoms with Gasteiger partial charge in [-0.05, 0) is 45.2 Å². The second-order valence-electron chi connectivity index (χ2n) is 5.68. The first-order valence-electron chi connectivity index (χ1n) is 7.19. The molecular weight excluding hydrogens is 264 g/mol. The van der Waals surface area contributed by atoms with E-state index in [1.54, 1.807) is 4.90 Å². The molecule has 0 aromatic carbocycles. The molecule has 2 saturated heterocycles. The predicted molar refractivity (Wildman–Crippen MR) is 74.7 cm³/mol. The van der Waals surface area contributed by atoms with Crippen LogP contribution in [-0.4, -0.2) is 56.9 Å². The Kier molecular flexibility index (Phi) is 4.84. The Hall–Kier alpha value is -0.620. The molecule has 0 aromatic rings. The van der Waals surface area contributed by atoms with Crippen LogP contribution in [0.3, 0.4) is 0 Å². The number of amides is 1. The summed E-state index contributed by atoms with van der Waals surface area (Å²) in [5.41, 5.74) is 0. The van der Waals surface area contributed by atoms with Crippen LogP contribution in [0, 0.1) is 5.92 Å². The molecule has 1 N–H and O–H groups in total. The van der Waals surface area contributed by atoms with Crippen LogP contribution in [0.25, 0.3) is 0 Å². The molecule has 1 atom stereocenters. The van der Waals surface area contributed by atoms with Gasteiger partial charge in [0.1, 0.15) is 5.25 Å². The Morgan fingerprint density at radius 3 is 2.47 bits per heavy atom. The smallest absolute Gasteiger partial charge is 0.240 e. The molecule has 0 aliphatic carbocycles. The number of piperidine rings is 1. The second kappa shape index (κ2) is 6.22. The van der Waals surface area contributed by atoms with Gasteiger partial charge < -0.3 is 10.2 Å². The second-order valence-corrected chi connectivity index (χ2v) is 7.98. The van der Waals surface area contributed by atoms with Gasteiger partial charge in [0, 0.05) is 13.1 Å². The van der Waals surface area contributed by atoms with E-state index < -0.39 is 15.1 Å². The Bertz CT molecular complexity index is 414. The van der Waals surface area contributed by atoms with Gasteiger partial charge in [0.2, 0.25) is 5.91 Å². The van der Waals surface area contributed by atoms with Crippen molar-refractivity contribution in [2.45, 2.75) is 37.4 Å². The van der Waals surface area contributed by atoms with Gasteiger partial charge in [-0.2, -0.15) is 0 Å². The number of carbonyl (C=O) groups excluding carboxylic acids is 1. The SMILES string of the molecule is CNCC1CCN(C(=O)C2CCCCS2(=O)=O)CC1. The zero-order valence-corrected chi connectivity index (χ0v) is 12.4. The van der Waals surface area contributed by atoms with Crippen molar-refractivity contribution in [3.63, 3.8) is 0 Å². The van der Waals surface area contributed by atoms with Gasteiger partial charge in [0.05, 0.1) is 5.75 Å². The Morgan fingerprint density at radius 2 is 1.89 bits per heavy atom. The number of sulfone groups is 1. The predicted octanol–water partition coefficient (Wildman–Crippen LogP) is 0.412. The molecule has 5 nitrogen and oxygen atoms in total.